The van der Waals surface area contributed by atoms with E-state index in [1.54, 1.807) is 7.11 Å². The van der Waals surface area contributed by atoms with Crippen LogP contribution >= 0.6 is 11.8 Å². The van der Waals surface area contributed by atoms with Crippen LogP contribution in [0.2, 0.25) is 0 Å². The molecule has 0 radical (unpaired) electrons. The van der Waals surface area contributed by atoms with E-state index in [0.29, 0.717) is 18.1 Å². The highest BCUT2D eigenvalue weighted by Gasteiger charge is 2.15. The van der Waals surface area contributed by atoms with Crippen molar-refractivity contribution in [2.45, 2.75) is 39.7 Å². The van der Waals surface area contributed by atoms with Gasteiger partial charge in [0.15, 0.2) is 5.17 Å². The monoisotopic (exact) mass is 353 g/mol. The third-order valence-electron chi connectivity index (χ3n) is 2.87. The van der Waals surface area contributed by atoms with Crippen molar-refractivity contribution in [1.29, 1.82) is 0 Å². The Morgan fingerprint density at radius 2 is 2.08 bits per heavy atom. The van der Waals surface area contributed by atoms with Gasteiger partial charge in [0.25, 0.3) is 0 Å². The summed E-state index contributed by atoms with van der Waals surface area (Å²) in [6.45, 7) is 7.94. The standard InChI is InChI=1S/C17H27N3O3S/c1-6-24-15(18)20-14-8-7-13(22-5)11-12(14)9-10-19-16(21)23-17(2,3)4/h7-8,11H,6,9-10H2,1-5H3,(H2,18,20)(H,19,21). The Hall–Kier alpha value is -1.89. The van der Waals surface area contributed by atoms with Crippen LogP contribution in [-0.4, -0.2) is 36.3 Å². The number of nitrogens with zero attached hydrogens (tertiary/aromatic N) is 1. The summed E-state index contributed by atoms with van der Waals surface area (Å²) < 4.78 is 10.5. The molecule has 0 aliphatic rings. The third-order valence-corrected chi connectivity index (χ3v) is 3.55. The number of nitrogens with one attached hydrogen (secondary N) is 1. The van der Waals surface area contributed by atoms with Gasteiger partial charge in [-0.1, -0.05) is 18.7 Å². The Balaban J connectivity index is 2.77. The number of nitrogens with two attached hydrogens (primary N) is 1. The summed E-state index contributed by atoms with van der Waals surface area (Å²) in [4.78, 5) is 16.2. The number of carbonyl (C=O) groups is 1. The zero-order valence-electron chi connectivity index (χ0n) is 15.0. The SMILES string of the molecule is CCSC(N)=Nc1ccc(OC)cc1CCNC(=O)OC(C)(C)C. The number of thioether (sulfide) groups is 1. The van der Waals surface area contributed by atoms with Gasteiger partial charge < -0.3 is 20.5 Å². The highest BCUT2D eigenvalue weighted by atomic mass is 32.2. The van der Waals surface area contributed by atoms with E-state index < -0.39 is 11.7 Å². The first-order valence-corrected chi connectivity index (χ1v) is 8.84. The molecule has 0 saturated heterocycles. The van der Waals surface area contributed by atoms with Crippen LogP contribution < -0.4 is 15.8 Å². The van der Waals surface area contributed by atoms with Gasteiger partial charge in [-0.2, -0.15) is 0 Å². The number of carbonyl (C=O) groups excluding carboxylic acids is 1. The number of aliphatic imine (C=N–C) groups is 1. The second-order valence-corrected chi connectivity index (χ2v) is 7.34. The van der Waals surface area contributed by atoms with Crippen LogP contribution in [0.4, 0.5) is 10.5 Å². The Morgan fingerprint density at radius 3 is 2.67 bits per heavy atom. The number of benzene rings is 1. The van der Waals surface area contributed by atoms with Gasteiger partial charge in [-0.3, -0.25) is 0 Å². The lowest BCUT2D eigenvalue weighted by Gasteiger charge is -2.19. The third kappa shape index (κ3) is 7.59. The minimum atomic E-state index is -0.513. The fourth-order valence-electron chi connectivity index (χ4n) is 1.91. The Bertz CT molecular complexity index is 583. The minimum absolute atomic E-state index is 0.434. The van der Waals surface area contributed by atoms with Crippen molar-refractivity contribution < 1.29 is 14.3 Å². The predicted molar refractivity (Wildman–Crippen MR) is 100 cm³/mol. The molecule has 0 spiro atoms. The summed E-state index contributed by atoms with van der Waals surface area (Å²) in [6, 6.07) is 5.61. The molecule has 6 nitrogen and oxygen atoms in total. The van der Waals surface area contributed by atoms with E-state index in [2.05, 4.69) is 10.3 Å². The van der Waals surface area contributed by atoms with Crippen LogP contribution in [-0.2, 0) is 11.2 Å². The molecule has 134 valence electrons. The largest absolute Gasteiger partial charge is 0.497 e. The number of ether oxygens (including phenoxy) is 2. The summed E-state index contributed by atoms with van der Waals surface area (Å²) in [5.41, 5.74) is 7.11. The van der Waals surface area contributed by atoms with Crippen LogP contribution in [0.15, 0.2) is 23.2 Å². The summed E-state index contributed by atoms with van der Waals surface area (Å²) in [5.74, 6) is 1.60. The summed E-state index contributed by atoms with van der Waals surface area (Å²) >= 11 is 1.49. The first-order chi connectivity index (χ1) is 11.2. The smallest absolute Gasteiger partial charge is 0.407 e. The molecule has 0 aromatic heterocycles. The molecule has 0 bridgehead atoms. The van der Waals surface area contributed by atoms with Crippen molar-refractivity contribution >= 4 is 28.7 Å². The first-order valence-electron chi connectivity index (χ1n) is 7.86. The quantitative estimate of drug-likeness (QED) is 0.604. The molecule has 0 unspecified atom stereocenters. The maximum Gasteiger partial charge on any atom is 0.407 e. The lowest BCUT2D eigenvalue weighted by molar-refractivity contribution is 0.0528. The van der Waals surface area contributed by atoms with Crippen molar-refractivity contribution in [2.75, 3.05) is 19.4 Å². The van der Waals surface area contributed by atoms with Gasteiger partial charge >= 0.3 is 6.09 Å². The van der Waals surface area contributed by atoms with Crippen LogP contribution in [0.3, 0.4) is 0 Å². The molecule has 0 heterocycles. The molecule has 0 saturated carbocycles. The van der Waals surface area contributed by atoms with Gasteiger partial charge in [0.2, 0.25) is 0 Å². The fraction of sp³-hybridized carbons (Fsp3) is 0.529. The molecule has 1 rings (SSSR count). The summed E-state index contributed by atoms with van der Waals surface area (Å²) in [5, 5.41) is 3.26. The second-order valence-electron chi connectivity index (χ2n) is 6.06. The van der Waals surface area contributed by atoms with E-state index in [-0.39, 0.29) is 0 Å². The van der Waals surface area contributed by atoms with Crippen LogP contribution in [0.25, 0.3) is 0 Å². The molecule has 1 amide bonds. The molecule has 24 heavy (non-hydrogen) atoms. The molecule has 0 fully saturated rings. The number of rotatable bonds is 6. The number of hydrogen-bond acceptors (Lipinski definition) is 5. The average Bonchev–Trinajstić information content (AvgIpc) is 2.47. The molecule has 0 aliphatic carbocycles. The zero-order chi connectivity index (χ0) is 18.2. The van der Waals surface area contributed by atoms with Crippen LogP contribution in [0, 0.1) is 0 Å². The lowest BCUT2D eigenvalue weighted by atomic mass is 10.1. The molecule has 1 aromatic rings. The van der Waals surface area contributed by atoms with Gasteiger partial charge in [-0.25, -0.2) is 9.79 Å². The van der Waals surface area contributed by atoms with E-state index >= 15 is 0 Å². The van der Waals surface area contributed by atoms with Crippen LogP contribution in [0.5, 0.6) is 5.75 Å². The predicted octanol–water partition coefficient (Wildman–Crippen LogP) is 3.46. The van der Waals surface area contributed by atoms with E-state index in [4.69, 9.17) is 15.2 Å². The average molecular weight is 353 g/mol. The highest BCUT2D eigenvalue weighted by Crippen LogP contribution is 2.25. The summed E-state index contributed by atoms with van der Waals surface area (Å²) in [7, 11) is 1.61. The topological polar surface area (TPSA) is 85.9 Å². The van der Waals surface area contributed by atoms with Crippen molar-refractivity contribution in [1.82, 2.24) is 5.32 Å². The van der Waals surface area contributed by atoms with Gasteiger partial charge in [0.1, 0.15) is 11.4 Å². The maximum atomic E-state index is 11.7. The Kier molecular flexibility index (Phi) is 7.91. The van der Waals surface area contributed by atoms with Gasteiger partial charge in [-0.15, -0.1) is 0 Å². The highest BCUT2D eigenvalue weighted by molar-refractivity contribution is 8.13. The Morgan fingerprint density at radius 1 is 1.38 bits per heavy atom. The lowest BCUT2D eigenvalue weighted by Crippen LogP contribution is -2.33. The number of alkyl carbamates (subject to hydrolysis) is 1. The van der Waals surface area contributed by atoms with E-state index in [0.717, 1.165) is 22.8 Å². The molecule has 3 N–H and O–H groups in total. The maximum absolute atomic E-state index is 11.7. The first kappa shape index (κ1) is 20.2. The molecule has 1 aromatic carbocycles. The Labute approximate surface area is 148 Å². The number of hydrogen-bond donors (Lipinski definition) is 2. The number of amides is 1. The van der Waals surface area contributed by atoms with E-state index in [1.165, 1.54) is 11.8 Å². The van der Waals surface area contributed by atoms with E-state index in [9.17, 15) is 4.79 Å². The molecular formula is C17H27N3O3S. The van der Waals surface area contributed by atoms with Gasteiger partial charge in [0.05, 0.1) is 12.8 Å². The molecule has 0 atom stereocenters. The molecule has 7 heteroatoms. The van der Waals surface area contributed by atoms with E-state index in [1.807, 2.05) is 45.9 Å². The van der Waals surface area contributed by atoms with Crippen molar-refractivity contribution in [2.24, 2.45) is 10.7 Å². The molecular weight excluding hydrogens is 326 g/mol. The van der Waals surface area contributed by atoms with Crippen molar-refractivity contribution in [3.63, 3.8) is 0 Å². The fourth-order valence-corrected chi connectivity index (χ4v) is 2.37. The van der Waals surface area contributed by atoms with Crippen molar-refractivity contribution in [3.05, 3.63) is 23.8 Å². The number of methoxy groups -OCH3 is 1. The van der Waals surface area contributed by atoms with Crippen molar-refractivity contribution in [3.8, 4) is 5.75 Å². The molecule has 0 aliphatic heterocycles. The second kappa shape index (κ2) is 9.42. The normalized spacial score (nSPS) is 12.0. The zero-order valence-corrected chi connectivity index (χ0v) is 15.8. The summed E-state index contributed by atoms with van der Waals surface area (Å²) in [6.07, 6.45) is 0.163. The minimum Gasteiger partial charge on any atom is -0.497 e. The van der Waals surface area contributed by atoms with Gasteiger partial charge in [0, 0.05) is 6.54 Å². The van der Waals surface area contributed by atoms with Gasteiger partial charge in [-0.05, 0) is 56.7 Å². The number of amidine groups is 1. The van der Waals surface area contributed by atoms with Crippen LogP contribution in [0.1, 0.15) is 33.3 Å².